The van der Waals surface area contributed by atoms with Gasteiger partial charge >= 0.3 is 0 Å². The SMILES string of the molecule is Cc1occc1C(=O)Nc1ccc(-n2cccn2)nc1. The van der Waals surface area contributed by atoms with Crippen LogP contribution in [0.3, 0.4) is 0 Å². The fourth-order valence-corrected chi connectivity index (χ4v) is 1.82. The summed E-state index contributed by atoms with van der Waals surface area (Å²) in [6.07, 6.45) is 6.56. The number of hydrogen-bond donors (Lipinski definition) is 1. The Morgan fingerprint density at radius 3 is 2.85 bits per heavy atom. The number of nitrogens with one attached hydrogen (secondary N) is 1. The van der Waals surface area contributed by atoms with Crippen molar-refractivity contribution in [2.75, 3.05) is 5.32 Å². The molecule has 0 fully saturated rings. The molecule has 0 saturated heterocycles. The van der Waals surface area contributed by atoms with Gasteiger partial charge < -0.3 is 9.73 Å². The van der Waals surface area contributed by atoms with Crippen LogP contribution in [-0.2, 0) is 0 Å². The van der Waals surface area contributed by atoms with Crippen LogP contribution in [0.1, 0.15) is 16.1 Å². The van der Waals surface area contributed by atoms with Crippen molar-refractivity contribution in [1.29, 1.82) is 0 Å². The molecule has 6 nitrogen and oxygen atoms in total. The summed E-state index contributed by atoms with van der Waals surface area (Å²) < 4.78 is 6.75. The molecule has 0 unspecified atom stereocenters. The van der Waals surface area contributed by atoms with Crippen LogP contribution in [0.2, 0.25) is 0 Å². The number of hydrogen-bond acceptors (Lipinski definition) is 4. The van der Waals surface area contributed by atoms with Crippen molar-refractivity contribution in [3.05, 3.63) is 60.4 Å². The Morgan fingerprint density at radius 2 is 2.25 bits per heavy atom. The number of aryl methyl sites for hydroxylation is 1. The third kappa shape index (κ3) is 2.31. The van der Waals surface area contributed by atoms with Crippen LogP contribution in [0.4, 0.5) is 5.69 Å². The van der Waals surface area contributed by atoms with E-state index in [1.807, 2.05) is 6.07 Å². The fourth-order valence-electron chi connectivity index (χ4n) is 1.82. The van der Waals surface area contributed by atoms with Gasteiger partial charge in [0.15, 0.2) is 5.82 Å². The van der Waals surface area contributed by atoms with E-state index >= 15 is 0 Å². The zero-order chi connectivity index (χ0) is 13.9. The van der Waals surface area contributed by atoms with E-state index in [-0.39, 0.29) is 5.91 Å². The van der Waals surface area contributed by atoms with E-state index < -0.39 is 0 Å². The number of rotatable bonds is 3. The largest absolute Gasteiger partial charge is 0.469 e. The molecule has 1 N–H and O–H groups in total. The first-order chi connectivity index (χ1) is 9.74. The van der Waals surface area contributed by atoms with Crippen molar-refractivity contribution in [3.8, 4) is 5.82 Å². The van der Waals surface area contributed by atoms with Crippen LogP contribution in [0.25, 0.3) is 5.82 Å². The van der Waals surface area contributed by atoms with Gasteiger partial charge in [-0.05, 0) is 31.2 Å². The number of pyridine rings is 1. The molecule has 100 valence electrons. The minimum atomic E-state index is -0.218. The maximum atomic E-state index is 12.0. The van der Waals surface area contributed by atoms with Crippen molar-refractivity contribution in [1.82, 2.24) is 14.8 Å². The highest BCUT2D eigenvalue weighted by Crippen LogP contribution is 2.13. The molecule has 0 aliphatic rings. The van der Waals surface area contributed by atoms with E-state index in [0.29, 0.717) is 22.8 Å². The third-order valence-electron chi connectivity index (χ3n) is 2.85. The smallest absolute Gasteiger partial charge is 0.259 e. The summed E-state index contributed by atoms with van der Waals surface area (Å²) in [6, 6.07) is 7.01. The molecule has 0 spiro atoms. The summed E-state index contributed by atoms with van der Waals surface area (Å²) >= 11 is 0. The maximum absolute atomic E-state index is 12.0. The number of nitrogens with zero attached hydrogens (tertiary/aromatic N) is 3. The standard InChI is InChI=1S/C14H12N4O2/c1-10-12(5-8-20-10)14(19)17-11-3-4-13(15-9-11)18-7-2-6-16-18/h2-9H,1H3,(H,17,19). The summed E-state index contributed by atoms with van der Waals surface area (Å²) in [5.74, 6) is 1.06. The highest BCUT2D eigenvalue weighted by atomic mass is 16.3. The molecule has 6 heteroatoms. The molecule has 20 heavy (non-hydrogen) atoms. The van der Waals surface area contributed by atoms with Crippen LogP contribution in [-0.4, -0.2) is 20.7 Å². The predicted molar refractivity (Wildman–Crippen MR) is 72.8 cm³/mol. The second-order valence-corrected chi connectivity index (χ2v) is 4.20. The number of aromatic nitrogens is 3. The second kappa shape index (κ2) is 5.00. The van der Waals surface area contributed by atoms with Gasteiger partial charge in [0, 0.05) is 12.4 Å². The normalized spacial score (nSPS) is 10.4. The number of amides is 1. The van der Waals surface area contributed by atoms with E-state index in [9.17, 15) is 4.79 Å². The molecule has 3 aromatic heterocycles. The van der Waals surface area contributed by atoms with Crippen molar-refractivity contribution in [2.45, 2.75) is 6.92 Å². The molecule has 0 aliphatic carbocycles. The molecule has 0 saturated carbocycles. The van der Waals surface area contributed by atoms with Gasteiger partial charge in [0.1, 0.15) is 5.76 Å². The van der Waals surface area contributed by atoms with Gasteiger partial charge in [0.2, 0.25) is 0 Å². The van der Waals surface area contributed by atoms with E-state index in [0.717, 1.165) is 0 Å². The highest BCUT2D eigenvalue weighted by molar-refractivity contribution is 6.04. The summed E-state index contributed by atoms with van der Waals surface area (Å²) in [5.41, 5.74) is 1.13. The topological polar surface area (TPSA) is 73.0 Å². The van der Waals surface area contributed by atoms with Gasteiger partial charge in [-0.2, -0.15) is 5.10 Å². The van der Waals surface area contributed by atoms with Crippen molar-refractivity contribution < 1.29 is 9.21 Å². The summed E-state index contributed by atoms with van der Waals surface area (Å²) in [7, 11) is 0. The first-order valence-electron chi connectivity index (χ1n) is 6.05. The predicted octanol–water partition coefficient (Wildman–Crippen LogP) is 2.42. The van der Waals surface area contributed by atoms with E-state index in [1.54, 1.807) is 48.4 Å². The number of furan rings is 1. The van der Waals surface area contributed by atoms with Crippen molar-refractivity contribution in [3.63, 3.8) is 0 Å². The van der Waals surface area contributed by atoms with Crippen LogP contribution >= 0.6 is 0 Å². The van der Waals surface area contributed by atoms with Gasteiger partial charge in [-0.25, -0.2) is 9.67 Å². The molecular formula is C14H12N4O2. The lowest BCUT2D eigenvalue weighted by molar-refractivity contribution is 0.102. The molecule has 1 amide bonds. The zero-order valence-electron chi connectivity index (χ0n) is 10.8. The van der Waals surface area contributed by atoms with E-state index in [4.69, 9.17) is 4.42 Å². The lowest BCUT2D eigenvalue weighted by Gasteiger charge is -2.05. The van der Waals surface area contributed by atoms with Crippen molar-refractivity contribution in [2.24, 2.45) is 0 Å². The first-order valence-corrected chi connectivity index (χ1v) is 6.05. The van der Waals surface area contributed by atoms with Crippen LogP contribution < -0.4 is 5.32 Å². The Labute approximate surface area is 115 Å². The van der Waals surface area contributed by atoms with Gasteiger partial charge in [0.25, 0.3) is 5.91 Å². The van der Waals surface area contributed by atoms with Crippen LogP contribution in [0.15, 0.2) is 53.5 Å². The molecular weight excluding hydrogens is 256 g/mol. The van der Waals surface area contributed by atoms with Gasteiger partial charge in [-0.1, -0.05) is 0 Å². The average molecular weight is 268 g/mol. The summed E-state index contributed by atoms with van der Waals surface area (Å²) in [5, 5.41) is 6.85. The van der Waals surface area contributed by atoms with E-state index in [2.05, 4.69) is 15.4 Å². The Bertz CT molecular complexity index is 714. The summed E-state index contributed by atoms with van der Waals surface area (Å²) in [6.45, 7) is 1.74. The third-order valence-corrected chi connectivity index (χ3v) is 2.85. The fraction of sp³-hybridized carbons (Fsp3) is 0.0714. The minimum Gasteiger partial charge on any atom is -0.469 e. The molecule has 3 heterocycles. The monoisotopic (exact) mass is 268 g/mol. The zero-order valence-corrected chi connectivity index (χ0v) is 10.8. The lowest BCUT2D eigenvalue weighted by Crippen LogP contribution is -2.12. The average Bonchev–Trinajstić information content (AvgIpc) is 3.10. The lowest BCUT2D eigenvalue weighted by atomic mass is 10.2. The minimum absolute atomic E-state index is 0.218. The number of carbonyl (C=O) groups is 1. The molecule has 0 aliphatic heterocycles. The Kier molecular flexibility index (Phi) is 3.04. The Morgan fingerprint density at radius 1 is 1.35 bits per heavy atom. The molecule has 3 rings (SSSR count). The second-order valence-electron chi connectivity index (χ2n) is 4.20. The molecule has 0 atom stereocenters. The molecule has 0 aromatic carbocycles. The van der Waals surface area contributed by atoms with Crippen LogP contribution in [0, 0.1) is 6.92 Å². The van der Waals surface area contributed by atoms with Gasteiger partial charge in [0.05, 0.1) is 23.7 Å². The Hall–Kier alpha value is -2.89. The maximum Gasteiger partial charge on any atom is 0.259 e. The van der Waals surface area contributed by atoms with E-state index in [1.165, 1.54) is 6.26 Å². The quantitative estimate of drug-likeness (QED) is 0.791. The molecule has 0 bridgehead atoms. The number of anilines is 1. The highest BCUT2D eigenvalue weighted by Gasteiger charge is 2.11. The Balaban J connectivity index is 1.76. The van der Waals surface area contributed by atoms with Crippen LogP contribution in [0.5, 0.6) is 0 Å². The molecule has 0 radical (unpaired) electrons. The number of carbonyl (C=O) groups excluding carboxylic acids is 1. The first kappa shape index (κ1) is 12.2. The van der Waals surface area contributed by atoms with Gasteiger partial charge in [-0.15, -0.1) is 0 Å². The molecule has 3 aromatic rings. The van der Waals surface area contributed by atoms with Gasteiger partial charge in [-0.3, -0.25) is 4.79 Å². The summed E-state index contributed by atoms with van der Waals surface area (Å²) in [4.78, 5) is 16.2. The van der Waals surface area contributed by atoms with Crippen molar-refractivity contribution >= 4 is 11.6 Å².